The maximum absolute atomic E-state index is 3.82. The van der Waals surface area contributed by atoms with Crippen LogP contribution in [0.1, 0.15) is 44.2 Å². The minimum absolute atomic E-state index is 0.638. The standard InChI is InChI=1S/C19H28N2/c1-13(2)19-11-20-18(15-6-7-15)12-21(19)17-9-8-14-4-3-5-16(14)10-17/h8-10,13,15,18-20H,3-7,11-12H2,1-2H3. The van der Waals surface area contributed by atoms with Crippen molar-refractivity contribution in [2.45, 2.75) is 58.0 Å². The van der Waals surface area contributed by atoms with Gasteiger partial charge in [0.25, 0.3) is 0 Å². The quantitative estimate of drug-likeness (QED) is 0.915. The normalized spacial score (nSPS) is 29.0. The minimum Gasteiger partial charge on any atom is -0.365 e. The molecule has 2 fully saturated rings. The van der Waals surface area contributed by atoms with E-state index in [1.54, 1.807) is 11.1 Å². The molecule has 2 atom stereocenters. The number of nitrogens with zero attached hydrogens (tertiary/aromatic N) is 1. The van der Waals surface area contributed by atoms with Gasteiger partial charge in [-0.2, -0.15) is 0 Å². The molecule has 2 nitrogen and oxygen atoms in total. The summed E-state index contributed by atoms with van der Waals surface area (Å²) in [5.41, 5.74) is 4.67. The van der Waals surface area contributed by atoms with E-state index in [9.17, 15) is 0 Å². The van der Waals surface area contributed by atoms with Gasteiger partial charge in [-0.05, 0) is 67.2 Å². The number of piperazine rings is 1. The second-order valence-corrected chi connectivity index (χ2v) is 7.62. The van der Waals surface area contributed by atoms with Gasteiger partial charge >= 0.3 is 0 Å². The predicted octanol–water partition coefficient (Wildman–Crippen LogP) is 3.39. The lowest BCUT2D eigenvalue weighted by molar-refractivity contribution is 0.320. The molecule has 0 bridgehead atoms. The third-order valence-electron chi connectivity index (χ3n) is 5.76. The van der Waals surface area contributed by atoms with Crippen molar-refractivity contribution in [2.24, 2.45) is 11.8 Å². The molecule has 114 valence electrons. The summed E-state index contributed by atoms with van der Waals surface area (Å²) in [4.78, 5) is 2.71. The Labute approximate surface area is 128 Å². The summed E-state index contributed by atoms with van der Waals surface area (Å²) in [5.74, 6) is 1.64. The van der Waals surface area contributed by atoms with Crippen molar-refractivity contribution in [1.29, 1.82) is 0 Å². The molecule has 1 aliphatic heterocycles. The molecule has 1 heterocycles. The highest BCUT2D eigenvalue weighted by Crippen LogP contribution is 2.37. The molecular formula is C19H28N2. The smallest absolute Gasteiger partial charge is 0.0438 e. The Morgan fingerprint density at radius 3 is 2.71 bits per heavy atom. The van der Waals surface area contributed by atoms with Gasteiger partial charge in [0.1, 0.15) is 0 Å². The van der Waals surface area contributed by atoms with Gasteiger partial charge < -0.3 is 10.2 Å². The van der Waals surface area contributed by atoms with E-state index in [0.29, 0.717) is 18.0 Å². The van der Waals surface area contributed by atoms with Gasteiger partial charge in [-0.25, -0.2) is 0 Å². The largest absolute Gasteiger partial charge is 0.365 e. The summed E-state index contributed by atoms with van der Waals surface area (Å²) < 4.78 is 0. The number of nitrogens with one attached hydrogen (secondary N) is 1. The van der Waals surface area contributed by atoms with Gasteiger partial charge in [-0.3, -0.25) is 0 Å². The summed E-state index contributed by atoms with van der Waals surface area (Å²) in [5, 5.41) is 3.82. The van der Waals surface area contributed by atoms with Crippen LogP contribution in [0.15, 0.2) is 18.2 Å². The summed E-state index contributed by atoms with van der Waals surface area (Å²) in [6.07, 6.45) is 6.78. The van der Waals surface area contributed by atoms with Crippen molar-refractivity contribution < 1.29 is 0 Å². The van der Waals surface area contributed by atoms with Crippen molar-refractivity contribution in [3.63, 3.8) is 0 Å². The van der Waals surface area contributed by atoms with Gasteiger partial charge in [0.2, 0.25) is 0 Å². The van der Waals surface area contributed by atoms with Gasteiger partial charge in [-0.1, -0.05) is 19.9 Å². The molecule has 2 heteroatoms. The first-order valence-corrected chi connectivity index (χ1v) is 8.84. The van der Waals surface area contributed by atoms with Crippen LogP contribution >= 0.6 is 0 Å². The van der Waals surface area contributed by atoms with E-state index in [4.69, 9.17) is 0 Å². The monoisotopic (exact) mass is 284 g/mol. The number of anilines is 1. The van der Waals surface area contributed by atoms with Gasteiger partial charge in [0.15, 0.2) is 0 Å². The molecule has 3 aliphatic rings. The Kier molecular flexibility index (Phi) is 3.45. The van der Waals surface area contributed by atoms with E-state index >= 15 is 0 Å². The van der Waals surface area contributed by atoms with E-state index in [1.165, 1.54) is 44.3 Å². The molecule has 4 rings (SSSR count). The second kappa shape index (κ2) is 5.31. The van der Waals surface area contributed by atoms with Gasteiger partial charge in [0, 0.05) is 30.9 Å². The third-order valence-corrected chi connectivity index (χ3v) is 5.76. The van der Waals surface area contributed by atoms with Crippen LogP contribution in [0, 0.1) is 11.8 Å². The molecule has 0 aromatic heterocycles. The Balaban J connectivity index is 1.61. The molecule has 0 amide bonds. The molecule has 1 N–H and O–H groups in total. The van der Waals surface area contributed by atoms with E-state index < -0.39 is 0 Å². The molecule has 0 radical (unpaired) electrons. The first-order valence-electron chi connectivity index (χ1n) is 8.84. The first-order chi connectivity index (χ1) is 10.2. The Morgan fingerprint density at radius 1 is 1.14 bits per heavy atom. The maximum Gasteiger partial charge on any atom is 0.0438 e. The number of benzene rings is 1. The van der Waals surface area contributed by atoms with E-state index in [0.717, 1.165) is 12.5 Å². The average molecular weight is 284 g/mol. The van der Waals surface area contributed by atoms with Crippen LogP contribution in [0.5, 0.6) is 0 Å². The summed E-state index contributed by atoms with van der Waals surface area (Å²) >= 11 is 0. The summed E-state index contributed by atoms with van der Waals surface area (Å²) in [6.45, 7) is 7.08. The number of rotatable bonds is 3. The lowest BCUT2D eigenvalue weighted by Gasteiger charge is -2.44. The van der Waals surface area contributed by atoms with Gasteiger partial charge in [-0.15, -0.1) is 0 Å². The molecule has 1 saturated heterocycles. The number of fused-ring (bicyclic) bond motifs is 1. The second-order valence-electron chi connectivity index (χ2n) is 7.62. The maximum atomic E-state index is 3.82. The number of aryl methyl sites for hydroxylation is 2. The fraction of sp³-hybridized carbons (Fsp3) is 0.684. The van der Waals surface area contributed by atoms with E-state index in [2.05, 4.69) is 42.3 Å². The highest BCUT2D eigenvalue weighted by atomic mass is 15.2. The van der Waals surface area contributed by atoms with Crippen LogP contribution in [0.4, 0.5) is 5.69 Å². The van der Waals surface area contributed by atoms with E-state index in [1.807, 2.05) is 0 Å². The predicted molar refractivity (Wildman–Crippen MR) is 89.0 cm³/mol. The summed E-state index contributed by atoms with van der Waals surface area (Å²) in [6, 6.07) is 8.62. The lowest BCUT2D eigenvalue weighted by Crippen LogP contribution is -2.59. The van der Waals surface area contributed by atoms with Crippen molar-refractivity contribution in [2.75, 3.05) is 18.0 Å². The van der Waals surface area contributed by atoms with Crippen LogP contribution in [0.3, 0.4) is 0 Å². The molecule has 2 unspecified atom stereocenters. The van der Waals surface area contributed by atoms with Gasteiger partial charge in [0.05, 0.1) is 0 Å². The Hall–Kier alpha value is -1.02. The summed E-state index contributed by atoms with van der Waals surface area (Å²) in [7, 11) is 0. The molecule has 1 aromatic carbocycles. The van der Waals surface area contributed by atoms with Crippen molar-refractivity contribution >= 4 is 5.69 Å². The van der Waals surface area contributed by atoms with Crippen molar-refractivity contribution in [1.82, 2.24) is 5.32 Å². The van der Waals surface area contributed by atoms with Crippen molar-refractivity contribution in [3.05, 3.63) is 29.3 Å². The average Bonchev–Trinajstić information content (AvgIpc) is 3.24. The SMILES string of the molecule is CC(C)C1CNC(C2CC2)CN1c1ccc2c(c1)CCC2. The minimum atomic E-state index is 0.638. The molecule has 0 spiro atoms. The molecule has 21 heavy (non-hydrogen) atoms. The zero-order chi connectivity index (χ0) is 14.4. The topological polar surface area (TPSA) is 15.3 Å². The van der Waals surface area contributed by atoms with Crippen LogP contribution in [-0.2, 0) is 12.8 Å². The lowest BCUT2D eigenvalue weighted by atomic mass is 9.95. The molecule has 1 aromatic rings. The van der Waals surface area contributed by atoms with Crippen LogP contribution in [0.25, 0.3) is 0 Å². The fourth-order valence-electron chi connectivity index (χ4n) is 4.24. The zero-order valence-electron chi connectivity index (χ0n) is 13.4. The number of hydrogen-bond acceptors (Lipinski definition) is 2. The molecular weight excluding hydrogens is 256 g/mol. The third kappa shape index (κ3) is 2.59. The molecule has 2 aliphatic carbocycles. The number of hydrogen-bond donors (Lipinski definition) is 1. The Bertz CT molecular complexity index is 518. The van der Waals surface area contributed by atoms with Crippen LogP contribution < -0.4 is 10.2 Å². The Morgan fingerprint density at radius 2 is 1.95 bits per heavy atom. The fourth-order valence-corrected chi connectivity index (χ4v) is 4.24. The highest BCUT2D eigenvalue weighted by molar-refractivity contribution is 5.54. The highest BCUT2D eigenvalue weighted by Gasteiger charge is 2.38. The van der Waals surface area contributed by atoms with Crippen molar-refractivity contribution in [3.8, 4) is 0 Å². The zero-order valence-corrected chi connectivity index (χ0v) is 13.4. The van der Waals surface area contributed by atoms with E-state index in [-0.39, 0.29) is 0 Å². The molecule has 1 saturated carbocycles. The van der Waals surface area contributed by atoms with Crippen LogP contribution in [0.2, 0.25) is 0 Å². The van der Waals surface area contributed by atoms with Crippen LogP contribution in [-0.4, -0.2) is 25.2 Å². The first kappa shape index (κ1) is 13.6.